The number of ether oxygens (including phenoxy) is 6. The summed E-state index contributed by atoms with van der Waals surface area (Å²) in [6.45, 7) is 35.0. The zero-order valence-electron chi connectivity index (χ0n) is 79.5. The maximum atomic E-state index is 13.9. The number of rotatable bonds is 16. The van der Waals surface area contributed by atoms with E-state index in [0.717, 1.165) is 7.11 Å². The minimum Gasteiger partial charge on any atom is -0.483 e. The molecule has 134 heavy (non-hydrogen) atoms. The lowest BCUT2D eigenvalue weighted by atomic mass is 9.62. The molecule has 0 radical (unpaired) electrons. The Balaban J connectivity index is 0.000000169. The van der Waals surface area contributed by atoms with Crippen LogP contribution in [0, 0.1) is 47.3 Å². The number of hydrogen-bond donors (Lipinski definition) is 6. The second-order valence-electron chi connectivity index (χ2n) is 39.0. The molecular formula is C100H124Cl2N4O27Si. The first kappa shape index (κ1) is 104. The van der Waals surface area contributed by atoms with E-state index < -0.39 is 153 Å². The highest BCUT2D eigenvalue weighted by Gasteiger charge is 2.65. The monoisotopic (exact) mass is 1910 g/mol. The molecule has 0 amide bonds. The first-order valence-corrected chi connectivity index (χ1v) is 49.2. The molecule has 0 unspecified atom stereocenters. The Morgan fingerprint density at radius 3 is 0.873 bits per heavy atom. The summed E-state index contributed by atoms with van der Waals surface area (Å²) >= 11 is 9.53. The second kappa shape index (κ2) is 40.6. The van der Waals surface area contributed by atoms with Gasteiger partial charge in [0, 0.05) is 117 Å². The zero-order chi connectivity index (χ0) is 98.9. The highest BCUT2D eigenvalue weighted by atomic mass is 35.5. The average Bonchev–Trinajstić information content (AvgIpc) is 0.727. The number of pyridine rings is 4. The first-order chi connectivity index (χ1) is 62.8. The fourth-order valence-corrected chi connectivity index (χ4v) is 20.7. The van der Waals surface area contributed by atoms with Crippen molar-refractivity contribution in [3.05, 3.63) is 186 Å². The van der Waals surface area contributed by atoms with Crippen molar-refractivity contribution in [1.29, 1.82) is 0 Å². The first-order valence-electron chi connectivity index (χ1n) is 45.3. The number of aliphatic hydroxyl groups is 6. The van der Waals surface area contributed by atoms with Crippen molar-refractivity contribution >= 4 is 66.6 Å². The Morgan fingerprint density at radius 1 is 0.410 bits per heavy atom. The number of nitrogens with zero attached hydrogens (tertiary/aromatic N) is 4. The van der Waals surface area contributed by atoms with Crippen LogP contribution in [0.25, 0.3) is 45.3 Å². The molecule has 724 valence electrons. The second-order valence-corrected chi connectivity index (χ2v) is 44.6. The minimum atomic E-state index is -2.26. The maximum Gasteiger partial charge on any atom is 0.351 e. The van der Waals surface area contributed by atoms with Gasteiger partial charge >= 0.3 is 34.4 Å². The normalized spacial score (nSPS) is 28.0. The van der Waals surface area contributed by atoms with Gasteiger partial charge < -0.3 is 81.2 Å². The lowest BCUT2D eigenvalue weighted by Gasteiger charge is -2.55. The molecule has 4 saturated carbocycles. The van der Waals surface area contributed by atoms with Crippen molar-refractivity contribution in [2.45, 2.75) is 282 Å². The van der Waals surface area contributed by atoms with Gasteiger partial charge in [0.25, 0.3) is 0 Å². The Kier molecular flexibility index (Phi) is 31.6. The van der Waals surface area contributed by atoms with Gasteiger partial charge in [-0.2, -0.15) is 0 Å². The van der Waals surface area contributed by atoms with E-state index in [4.69, 9.17) is 78.8 Å². The fraction of sp³-hybridized carbons (Fsp3) is 0.540. The Bertz CT molecular complexity index is 5680. The minimum absolute atomic E-state index is 0.0514. The zero-order valence-corrected chi connectivity index (χ0v) is 82.0. The summed E-state index contributed by atoms with van der Waals surface area (Å²) < 4.78 is 65.2. The van der Waals surface area contributed by atoms with Crippen molar-refractivity contribution < 1.29 is 110 Å². The molecule has 8 aromatic rings. The van der Waals surface area contributed by atoms with Crippen molar-refractivity contribution in [3.8, 4) is 68.3 Å². The number of fused-ring (bicyclic) bond motifs is 8. The summed E-state index contributed by atoms with van der Waals surface area (Å²) in [6.07, 6.45) is 14.6. The van der Waals surface area contributed by atoms with Crippen LogP contribution in [0.15, 0.2) is 159 Å². The summed E-state index contributed by atoms with van der Waals surface area (Å²) in [6, 6.07) is 20.0. The number of carbonyl (C=O) groups excluding carboxylic acids is 6. The van der Waals surface area contributed by atoms with E-state index >= 15 is 0 Å². The van der Waals surface area contributed by atoms with Crippen molar-refractivity contribution in [2.75, 3.05) is 12.4 Å². The van der Waals surface area contributed by atoms with E-state index in [1.165, 1.54) is 32.0 Å². The van der Waals surface area contributed by atoms with Crippen molar-refractivity contribution in [1.82, 2.24) is 19.9 Å². The summed E-state index contributed by atoms with van der Waals surface area (Å²) in [5, 5.41) is 61.7. The third kappa shape index (κ3) is 20.9. The van der Waals surface area contributed by atoms with Crippen molar-refractivity contribution in [2.24, 2.45) is 47.3 Å². The molecule has 4 aliphatic heterocycles. The summed E-state index contributed by atoms with van der Waals surface area (Å²) in [4.78, 5) is 146. The van der Waals surface area contributed by atoms with E-state index in [2.05, 4.69) is 53.8 Å². The molecule has 8 aliphatic rings. The molecule has 34 heteroatoms. The Hall–Kier alpha value is -10.3. The standard InChI is InChI=1S/C28H39NO6Si.2C24H27NO7.C22H25NO6.CH2Cl2.CH4O/c1-9-27(5,32)18-13-19-24(30)23-21(15-20(33-25(23)31)17-11-10-12-29-16-17)34-28(19,6)22(14-18)35-36(7,8)26(2,3)4;2*1-5-23(3,29)15-9-16-21(27)20-18(32-24(16,4)19(10-15)30-13(2)26)11-17(31-22(20)28)14-7-6-8-25-12-14;1-4-21(2,27)13-8-14-19(25)18-16(29-22(14,3)17(24)9-13)10-15(28-20(18)26)12-6-5-7-23-11-12;2-1-3;1-2/h10-12,15-16,18-19,22,32H,9,13-14H2,1-8H3;2*6-8,11-12,15-16,19,29H,5,9-10H2,1-4H3;5-7,10-11,13-14,17,24,27H,4,8-9H2,1-3H3;1H2;2H,1H3/t18-,19-,22-,27+,28-;15-,16+,19-,23+,24-;15-,16-,19-,23+,24-;13-,14-,17-,21+,22-;;/m1111../s1. The van der Waals surface area contributed by atoms with Crippen LogP contribution in [0.4, 0.5) is 0 Å². The predicted octanol–water partition coefficient (Wildman–Crippen LogP) is 15.5. The fourth-order valence-electron chi connectivity index (χ4n) is 19.3. The van der Waals surface area contributed by atoms with Crippen LogP contribution in [0.3, 0.4) is 0 Å². The number of aromatic nitrogens is 4. The molecule has 6 N–H and O–H groups in total. The largest absolute Gasteiger partial charge is 0.483 e. The molecule has 31 nitrogen and oxygen atoms in total. The topological polar surface area (TPSA) is 461 Å². The summed E-state index contributed by atoms with van der Waals surface area (Å²) in [7, 11) is -1.26. The number of hydrogen-bond acceptors (Lipinski definition) is 31. The summed E-state index contributed by atoms with van der Waals surface area (Å²) in [5.41, 5.74) is -9.87. The quantitative estimate of drug-likeness (QED) is 0.0297. The Morgan fingerprint density at radius 2 is 0.642 bits per heavy atom. The smallest absolute Gasteiger partial charge is 0.351 e. The molecule has 0 spiro atoms. The van der Waals surface area contributed by atoms with Crippen LogP contribution < -0.4 is 41.4 Å². The predicted molar refractivity (Wildman–Crippen MR) is 499 cm³/mol. The maximum absolute atomic E-state index is 13.9. The van der Waals surface area contributed by atoms with E-state index in [0.29, 0.717) is 105 Å². The molecule has 0 aromatic carbocycles. The van der Waals surface area contributed by atoms with Gasteiger partial charge in [0.05, 0.1) is 63.6 Å². The van der Waals surface area contributed by atoms with Gasteiger partial charge in [-0.1, -0.05) is 48.5 Å². The molecule has 0 bridgehead atoms. The molecular weight excluding hydrogens is 1790 g/mol. The molecule has 12 heterocycles. The number of ketones is 4. The van der Waals surface area contributed by atoms with Gasteiger partial charge in [0.1, 0.15) is 91.7 Å². The highest BCUT2D eigenvalue weighted by molar-refractivity contribution is 6.74. The van der Waals surface area contributed by atoms with Crippen LogP contribution >= 0.6 is 23.2 Å². The van der Waals surface area contributed by atoms with E-state index in [1.54, 1.807) is 146 Å². The lowest BCUT2D eigenvalue weighted by Crippen LogP contribution is -2.65. The van der Waals surface area contributed by atoms with Crippen LogP contribution in [-0.4, -0.2) is 176 Å². The van der Waals surface area contributed by atoms with Gasteiger partial charge in [0.2, 0.25) is 0 Å². The molecule has 0 saturated heterocycles. The van der Waals surface area contributed by atoms with Crippen LogP contribution in [0.5, 0.6) is 23.0 Å². The SMILES string of the molecule is CC[C@](C)(O)[C@@H]1C[C@@H]2C(=O)c3c(cc(-c4cccnc4)oc3=O)O[C@@]2(C)[C@H](OC(C)=O)C1.CC[C@](C)(O)[C@@H]1C[C@@H]2C(=O)c3c(cc(-c4cccnc4)oc3=O)O[C@@]2(C)[C@H](O[Si](C)(C)C(C)(C)C)C1.CC[C@](C)(O)[C@H]1C[C@@H](O)[C@]2(C)Oc3cc(-c4cccnc4)oc(=O)c3C(=O)[C@H]2C1.CC[C@](C)(O)[C@H]1C[C@@H](OC(C)=O)[C@]2(C)Oc3cc(-c4cccnc4)oc(=O)c3C(=O)[C@@H]2C1.CO.ClCCl. The van der Waals surface area contributed by atoms with Crippen molar-refractivity contribution in [3.63, 3.8) is 0 Å². The lowest BCUT2D eigenvalue weighted by molar-refractivity contribution is -0.181. The van der Waals surface area contributed by atoms with E-state index in [1.807, 2.05) is 41.5 Å². The van der Waals surface area contributed by atoms with Gasteiger partial charge in [-0.25, -0.2) is 19.2 Å². The van der Waals surface area contributed by atoms with E-state index in [9.17, 15) is 73.5 Å². The average molecular weight is 1910 g/mol. The van der Waals surface area contributed by atoms with Gasteiger partial charge in [-0.05, 0) is 223 Å². The van der Waals surface area contributed by atoms with Gasteiger partial charge in [-0.3, -0.25) is 48.7 Å². The van der Waals surface area contributed by atoms with Crippen LogP contribution in [0.2, 0.25) is 18.1 Å². The number of carbonyl (C=O) groups is 6. The molecule has 20 atom stereocenters. The number of alkyl halides is 2. The summed E-state index contributed by atoms with van der Waals surface area (Å²) in [5.74, 6) is -5.04. The van der Waals surface area contributed by atoms with Gasteiger partial charge in [-0.15, -0.1) is 23.2 Å². The number of halogens is 2. The molecule has 4 aliphatic carbocycles. The van der Waals surface area contributed by atoms with E-state index in [-0.39, 0.29) is 102 Å². The van der Waals surface area contributed by atoms with Gasteiger partial charge in [0.15, 0.2) is 42.7 Å². The number of esters is 2. The molecule has 16 rings (SSSR count). The number of aliphatic hydroxyl groups excluding tert-OH is 2. The highest BCUT2D eigenvalue weighted by Crippen LogP contribution is 2.57. The van der Waals surface area contributed by atoms with Crippen LogP contribution in [0.1, 0.15) is 236 Å². The third-order valence-corrected chi connectivity index (χ3v) is 34.2. The number of Topliss-reactive ketones (excluding diaryl/α,β-unsaturated/α-hetero) is 4. The molecule has 8 aromatic heterocycles. The van der Waals surface area contributed by atoms with Crippen LogP contribution in [-0.2, 0) is 23.5 Å². The third-order valence-electron chi connectivity index (χ3n) is 29.7. The molecule has 4 fully saturated rings. The Labute approximate surface area is 788 Å².